The van der Waals surface area contributed by atoms with Gasteiger partial charge in [-0.15, -0.1) is 0 Å². The molecule has 2 aliphatic rings. The van der Waals surface area contributed by atoms with Crippen LogP contribution in [0.15, 0.2) is 18.5 Å². The van der Waals surface area contributed by atoms with Crippen molar-refractivity contribution in [3.63, 3.8) is 0 Å². The Balaban J connectivity index is 2.79. The molecule has 3 nitrogen and oxygen atoms in total. The van der Waals surface area contributed by atoms with Crippen molar-refractivity contribution in [2.45, 2.75) is 6.92 Å². The largest absolute Gasteiger partial charge is 0.251 e. The summed E-state index contributed by atoms with van der Waals surface area (Å²) in [6.07, 6.45) is 3.66. The van der Waals surface area contributed by atoms with Gasteiger partial charge in [0.25, 0.3) is 0 Å². The Labute approximate surface area is 65.0 Å². The maximum atomic E-state index is 4.22. The van der Waals surface area contributed by atoms with Gasteiger partial charge >= 0.3 is 0 Å². The maximum absolute atomic E-state index is 4.22. The van der Waals surface area contributed by atoms with Gasteiger partial charge in [-0.3, -0.25) is 4.68 Å². The van der Waals surface area contributed by atoms with Crippen molar-refractivity contribution in [1.82, 2.24) is 14.8 Å². The summed E-state index contributed by atoms with van der Waals surface area (Å²) in [6.45, 7) is 2.05. The van der Waals surface area contributed by atoms with Crippen LogP contribution in [0.2, 0.25) is 0 Å². The number of fused-ring (bicyclic) bond motifs is 1. The topological polar surface area (TPSA) is 30.7 Å². The van der Waals surface area contributed by atoms with Crippen LogP contribution in [0.1, 0.15) is 5.56 Å². The predicted octanol–water partition coefficient (Wildman–Crippen LogP) is 1.23. The minimum absolute atomic E-state index is 0.949. The SMILES string of the molecule is Cc1cnc2n(C)nccc1-2. The van der Waals surface area contributed by atoms with Gasteiger partial charge in [0, 0.05) is 25.0 Å². The van der Waals surface area contributed by atoms with Gasteiger partial charge in [-0.25, -0.2) is 4.98 Å². The van der Waals surface area contributed by atoms with Gasteiger partial charge in [0.1, 0.15) is 0 Å². The predicted molar refractivity (Wildman–Crippen MR) is 42.4 cm³/mol. The molecule has 0 bridgehead atoms. The summed E-state index contributed by atoms with van der Waals surface area (Å²) < 4.78 is 1.78. The molecular weight excluding hydrogens is 138 g/mol. The summed E-state index contributed by atoms with van der Waals surface area (Å²) in [5, 5.41) is 4.07. The average Bonchev–Trinajstić information content (AvgIpc) is 2.35. The van der Waals surface area contributed by atoms with E-state index in [-0.39, 0.29) is 0 Å². The molecule has 2 heterocycles. The zero-order chi connectivity index (χ0) is 7.84. The molecule has 0 spiro atoms. The Morgan fingerprint density at radius 1 is 1.45 bits per heavy atom. The summed E-state index contributed by atoms with van der Waals surface area (Å²) in [6, 6.07) is 1.98. The first-order chi connectivity index (χ1) is 5.29. The van der Waals surface area contributed by atoms with Crippen molar-refractivity contribution in [2.75, 3.05) is 0 Å². The van der Waals surface area contributed by atoms with E-state index in [2.05, 4.69) is 17.0 Å². The van der Waals surface area contributed by atoms with Crippen LogP contribution in [0.3, 0.4) is 0 Å². The molecule has 0 aromatic carbocycles. The number of hydrogen-bond acceptors (Lipinski definition) is 2. The maximum Gasteiger partial charge on any atom is 0.156 e. The van der Waals surface area contributed by atoms with E-state index in [4.69, 9.17) is 0 Å². The summed E-state index contributed by atoms with van der Waals surface area (Å²) in [4.78, 5) is 4.22. The molecule has 0 saturated carbocycles. The summed E-state index contributed by atoms with van der Waals surface area (Å²) in [5.41, 5.74) is 2.39. The van der Waals surface area contributed by atoms with E-state index in [0.29, 0.717) is 0 Å². The van der Waals surface area contributed by atoms with Crippen LogP contribution in [0.5, 0.6) is 0 Å². The molecule has 2 aliphatic heterocycles. The van der Waals surface area contributed by atoms with Gasteiger partial charge < -0.3 is 0 Å². The minimum atomic E-state index is 0.949. The Bertz CT molecular complexity index is 351. The highest BCUT2D eigenvalue weighted by Gasteiger charge is 2.08. The molecule has 0 fully saturated rings. The fraction of sp³-hybridized carbons (Fsp3) is 0.250. The molecule has 56 valence electrons. The molecule has 0 unspecified atom stereocenters. The first-order valence-corrected chi connectivity index (χ1v) is 3.52. The van der Waals surface area contributed by atoms with E-state index in [1.165, 1.54) is 11.1 Å². The average molecular weight is 147 g/mol. The number of aryl methyl sites for hydroxylation is 2. The Kier molecular flexibility index (Phi) is 1.18. The molecule has 3 heteroatoms. The number of nitrogens with zero attached hydrogens (tertiary/aromatic N) is 3. The molecule has 0 amide bonds. The first kappa shape index (κ1) is 6.34. The van der Waals surface area contributed by atoms with E-state index in [9.17, 15) is 0 Å². The quantitative estimate of drug-likeness (QED) is 0.561. The van der Waals surface area contributed by atoms with Crippen molar-refractivity contribution in [2.24, 2.45) is 7.05 Å². The molecular formula is C8H9N3. The van der Waals surface area contributed by atoms with E-state index in [1.54, 1.807) is 10.9 Å². The molecule has 2 rings (SSSR count). The van der Waals surface area contributed by atoms with Gasteiger partial charge in [-0.2, -0.15) is 5.10 Å². The molecule has 0 aromatic heterocycles. The molecule has 0 saturated heterocycles. The highest BCUT2D eigenvalue weighted by molar-refractivity contribution is 5.61. The number of rotatable bonds is 0. The standard InChI is InChI=1S/C8H9N3/c1-6-5-9-8-7(6)3-4-10-11(8)2/h3-5H,1-2H3. The second kappa shape index (κ2) is 2.05. The Morgan fingerprint density at radius 3 is 3.00 bits per heavy atom. The van der Waals surface area contributed by atoms with Crippen molar-refractivity contribution in [3.05, 3.63) is 24.0 Å². The monoisotopic (exact) mass is 147 g/mol. The van der Waals surface area contributed by atoms with Crippen molar-refractivity contribution >= 4 is 0 Å². The van der Waals surface area contributed by atoms with Crippen LogP contribution >= 0.6 is 0 Å². The summed E-state index contributed by atoms with van der Waals surface area (Å²) in [7, 11) is 1.90. The van der Waals surface area contributed by atoms with Gasteiger partial charge in [0.05, 0.1) is 0 Å². The van der Waals surface area contributed by atoms with Crippen molar-refractivity contribution < 1.29 is 0 Å². The minimum Gasteiger partial charge on any atom is -0.251 e. The van der Waals surface area contributed by atoms with Gasteiger partial charge in [-0.1, -0.05) is 0 Å². The van der Waals surface area contributed by atoms with Crippen LogP contribution in [-0.4, -0.2) is 14.8 Å². The van der Waals surface area contributed by atoms with Gasteiger partial charge in [0.15, 0.2) is 5.82 Å². The third kappa shape index (κ3) is 0.808. The number of aromatic nitrogens is 3. The van der Waals surface area contributed by atoms with Crippen LogP contribution in [-0.2, 0) is 7.05 Å². The van der Waals surface area contributed by atoms with Gasteiger partial charge in [-0.05, 0) is 18.6 Å². The molecule has 0 N–H and O–H groups in total. The van der Waals surface area contributed by atoms with Crippen molar-refractivity contribution in [1.29, 1.82) is 0 Å². The Morgan fingerprint density at radius 2 is 2.27 bits per heavy atom. The first-order valence-electron chi connectivity index (χ1n) is 3.52. The summed E-state index contributed by atoms with van der Waals surface area (Å²) in [5.74, 6) is 0.949. The Hall–Kier alpha value is -1.38. The second-order valence-corrected chi connectivity index (χ2v) is 2.63. The van der Waals surface area contributed by atoms with Crippen LogP contribution in [0.4, 0.5) is 0 Å². The highest BCUT2D eigenvalue weighted by Crippen LogP contribution is 2.21. The molecule has 11 heavy (non-hydrogen) atoms. The fourth-order valence-electron chi connectivity index (χ4n) is 1.20. The number of hydrogen-bond donors (Lipinski definition) is 0. The molecule has 0 aliphatic carbocycles. The zero-order valence-corrected chi connectivity index (χ0v) is 6.57. The lowest BCUT2D eigenvalue weighted by Crippen LogP contribution is -2.00. The van der Waals surface area contributed by atoms with E-state index >= 15 is 0 Å². The normalized spacial score (nSPS) is 10.7. The third-order valence-corrected chi connectivity index (χ3v) is 1.83. The smallest absolute Gasteiger partial charge is 0.156 e. The van der Waals surface area contributed by atoms with E-state index < -0.39 is 0 Å². The lowest BCUT2D eigenvalue weighted by molar-refractivity contribution is 0.734. The lowest BCUT2D eigenvalue weighted by atomic mass is 10.2. The van der Waals surface area contributed by atoms with Crippen LogP contribution < -0.4 is 0 Å². The summed E-state index contributed by atoms with van der Waals surface area (Å²) >= 11 is 0. The fourth-order valence-corrected chi connectivity index (χ4v) is 1.20. The molecule has 0 radical (unpaired) electrons. The second-order valence-electron chi connectivity index (χ2n) is 2.63. The molecule has 0 atom stereocenters. The van der Waals surface area contributed by atoms with E-state index in [1.807, 2.05) is 19.3 Å². The van der Waals surface area contributed by atoms with E-state index in [0.717, 1.165) is 5.82 Å². The third-order valence-electron chi connectivity index (χ3n) is 1.83. The zero-order valence-electron chi connectivity index (χ0n) is 6.57. The van der Waals surface area contributed by atoms with Crippen molar-refractivity contribution in [3.8, 4) is 11.4 Å². The van der Waals surface area contributed by atoms with Crippen LogP contribution in [0, 0.1) is 6.92 Å². The van der Waals surface area contributed by atoms with Gasteiger partial charge in [0.2, 0.25) is 0 Å². The van der Waals surface area contributed by atoms with Crippen LogP contribution in [0.25, 0.3) is 11.4 Å². The highest BCUT2D eigenvalue weighted by atomic mass is 15.3. The lowest BCUT2D eigenvalue weighted by Gasteiger charge is -2.02. The molecule has 0 aromatic rings.